The summed E-state index contributed by atoms with van der Waals surface area (Å²) < 4.78 is 8.44. The van der Waals surface area contributed by atoms with Gasteiger partial charge in [-0.05, 0) is 12.0 Å². The van der Waals surface area contributed by atoms with Gasteiger partial charge >= 0.3 is 0 Å². The Balaban J connectivity index is 0.00000180. The highest BCUT2D eigenvalue weighted by Crippen LogP contribution is 2.16. The number of rotatable bonds is 4. The van der Waals surface area contributed by atoms with Crippen LogP contribution in [0.5, 0.6) is 0 Å². The van der Waals surface area contributed by atoms with Crippen LogP contribution in [-0.2, 0) is 11.3 Å². The number of fused-ring (bicyclic) bond motifs is 1. The lowest BCUT2D eigenvalue weighted by molar-refractivity contribution is -0.125. The number of nitrogens with one attached hydrogen (secondary N) is 1. The Morgan fingerprint density at radius 3 is 2.74 bits per heavy atom. The van der Waals surface area contributed by atoms with E-state index in [1.165, 1.54) is 11.7 Å². The molecule has 1 unspecified atom stereocenters. The third-order valence-corrected chi connectivity index (χ3v) is 3.78. The lowest BCUT2D eigenvalue weighted by Crippen LogP contribution is -2.31. The fourth-order valence-corrected chi connectivity index (χ4v) is 2.22. The molecule has 1 atom stereocenters. The summed E-state index contributed by atoms with van der Waals surface area (Å²) >= 11 is 1.20. The third kappa shape index (κ3) is 3.50. The second-order valence-electron chi connectivity index (χ2n) is 4.80. The first-order valence-corrected chi connectivity index (χ1v) is 6.80. The molecule has 1 heterocycles. The molecule has 0 radical (unpaired) electrons. The molecule has 0 bridgehead atoms. The molecule has 0 aliphatic rings. The number of hydrogen-bond acceptors (Lipinski definition) is 4. The molecule has 4 nitrogen and oxygen atoms in total. The van der Waals surface area contributed by atoms with E-state index in [1.807, 2.05) is 25.1 Å². The van der Waals surface area contributed by atoms with Crippen LogP contribution in [0.15, 0.2) is 18.2 Å². The Hall–Kier alpha value is -1.49. The molecule has 0 aliphatic carbocycles. The molecule has 0 saturated carbocycles. The summed E-state index contributed by atoms with van der Waals surface area (Å²) in [6.07, 6.45) is 0. The summed E-state index contributed by atoms with van der Waals surface area (Å²) in [4.78, 5) is 11.9. The largest absolute Gasteiger partial charge is 0.352 e. The number of nitrogens with zero attached hydrogens (tertiary/aromatic N) is 2. The molecule has 1 amide bonds. The first-order chi connectivity index (χ1) is 8.59. The van der Waals surface area contributed by atoms with E-state index in [0.29, 0.717) is 12.5 Å². The van der Waals surface area contributed by atoms with E-state index in [9.17, 15) is 4.79 Å². The number of carbonyl (C=O) groups excluding carboxylic acids is 1. The Labute approximate surface area is 118 Å². The van der Waals surface area contributed by atoms with E-state index in [0.717, 1.165) is 16.6 Å². The zero-order valence-corrected chi connectivity index (χ0v) is 11.6. The van der Waals surface area contributed by atoms with Crippen LogP contribution in [0, 0.1) is 11.8 Å². The van der Waals surface area contributed by atoms with Gasteiger partial charge in [0.2, 0.25) is 5.91 Å². The number of amides is 1. The van der Waals surface area contributed by atoms with Gasteiger partial charge < -0.3 is 5.32 Å². The van der Waals surface area contributed by atoms with Crippen LogP contribution < -0.4 is 5.32 Å². The van der Waals surface area contributed by atoms with Crippen LogP contribution in [-0.4, -0.2) is 14.7 Å². The highest BCUT2D eigenvalue weighted by atomic mass is 32.1. The number of hydrogen-bond donors (Lipinski definition) is 1. The Kier molecular flexibility index (Phi) is 5.42. The molecular weight excluding hydrogens is 258 g/mol. The Morgan fingerprint density at radius 1 is 1.32 bits per heavy atom. The predicted molar refractivity (Wildman–Crippen MR) is 80.0 cm³/mol. The quantitative estimate of drug-likeness (QED) is 0.934. The third-order valence-electron chi connectivity index (χ3n) is 3.24. The van der Waals surface area contributed by atoms with Crippen molar-refractivity contribution in [3.8, 4) is 0 Å². The molecule has 5 heteroatoms. The van der Waals surface area contributed by atoms with Gasteiger partial charge in [0.05, 0.1) is 11.7 Å². The molecule has 104 valence electrons. The zero-order chi connectivity index (χ0) is 13.1. The van der Waals surface area contributed by atoms with Crippen molar-refractivity contribution < 1.29 is 4.79 Å². The molecule has 1 N–H and O–H groups in total. The van der Waals surface area contributed by atoms with Gasteiger partial charge in [0.25, 0.3) is 0 Å². The normalized spacial score (nSPS) is 12.2. The number of aromatic nitrogens is 2. The van der Waals surface area contributed by atoms with E-state index in [2.05, 4.69) is 27.9 Å². The molecule has 2 aromatic rings. The Bertz CT molecular complexity index is 550. The topological polar surface area (TPSA) is 54.9 Å². The first kappa shape index (κ1) is 15.6. The van der Waals surface area contributed by atoms with Crippen LogP contribution in [0.1, 0.15) is 33.8 Å². The van der Waals surface area contributed by atoms with Crippen LogP contribution in [0.4, 0.5) is 0 Å². The lowest BCUT2D eigenvalue weighted by atomic mass is 9.97. The van der Waals surface area contributed by atoms with Crippen LogP contribution >= 0.6 is 11.7 Å². The second-order valence-corrected chi connectivity index (χ2v) is 5.33. The zero-order valence-electron chi connectivity index (χ0n) is 10.8. The average molecular weight is 279 g/mol. The monoisotopic (exact) mass is 279 g/mol. The van der Waals surface area contributed by atoms with Crippen molar-refractivity contribution in [1.29, 1.82) is 0 Å². The van der Waals surface area contributed by atoms with Gasteiger partial charge in [0.1, 0.15) is 11.0 Å². The van der Waals surface area contributed by atoms with Crippen LogP contribution in [0.3, 0.4) is 0 Å². The lowest BCUT2D eigenvalue weighted by Gasteiger charge is -2.15. The maximum Gasteiger partial charge on any atom is 0.223 e. The fourth-order valence-electron chi connectivity index (χ4n) is 1.65. The second kappa shape index (κ2) is 6.61. The van der Waals surface area contributed by atoms with Gasteiger partial charge in [-0.3, -0.25) is 4.79 Å². The van der Waals surface area contributed by atoms with Gasteiger partial charge in [0.15, 0.2) is 0 Å². The van der Waals surface area contributed by atoms with Gasteiger partial charge in [-0.2, -0.15) is 8.75 Å². The minimum Gasteiger partial charge on any atom is -0.352 e. The van der Waals surface area contributed by atoms with Crippen molar-refractivity contribution in [3.63, 3.8) is 0 Å². The van der Waals surface area contributed by atoms with Crippen molar-refractivity contribution in [1.82, 2.24) is 14.1 Å². The predicted octanol–water partition coefficient (Wildman–Crippen LogP) is 3.24. The summed E-state index contributed by atoms with van der Waals surface area (Å²) in [6.45, 7) is 6.56. The Morgan fingerprint density at radius 2 is 2.05 bits per heavy atom. The van der Waals surface area contributed by atoms with Crippen molar-refractivity contribution in [3.05, 3.63) is 23.8 Å². The van der Waals surface area contributed by atoms with Gasteiger partial charge in [-0.1, -0.05) is 40.3 Å². The highest BCUT2D eigenvalue weighted by molar-refractivity contribution is 7.00. The summed E-state index contributed by atoms with van der Waals surface area (Å²) in [5.74, 6) is 0.463. The number of benzene rings is 1. The minimum absolute atomic E-state index is 0. The summed E-state index contributed by atoms with van der Waals surface area (Å²) in [5.41, 5.74) is 2.80. The van der Waals surface area contributed by atoms with Crippen molar-refractivity contribution in [2.45, 2.75) is 34.7 Å². The van der Waals surface area contributed by atoms with Crippen LogP contribution in [0.25, 0.3) is 11.0 Å². The van der Waals surface area contributed by atoms with E-state index in [4.69, 9.17) is 0 Å². The molecule has 0 aliphatic heterocycles. The van der Waals surface area contributed by atoms with Crippen molar-refractivity contribution in [2.75, 3.05) is 0 Å². The maximum absolute atomic E-state index is 11.9. The average Bonchev–Trinajstić information content (AvgIpc) is 2.83. The molecule has 0 saturated heterocycles. The van der Waals surface area contributed by atoms with E-state index in [-0.39, 0.29) is 19.3 Å². The number of carbonyl (C=O) groups is 1. The van der Waals surface area contributed by atoms with E-state index < -0.39 is 0 Å². The molecule has 19 heavy (non-hydrogen) atoms. The summed E-state index contributed by atoms with van der Waals surface area (Å²) in [6, 6.07) is 5.85. The van der Waals surface area contributed by atoms with Gasteiger partial charge in [0, 0.05) is 18.0 Å². The van der Waals surface area contributed by atoms with Gasteiger partial charge in [-0.25, -0.2) is 0 Å². The standard InChI is InChI=1S/C13H17N3OS.CH4/c1-8(2)9(3)13(17)14-7-10-5-4-6-11-12(10)16-18-15-11;/h4-6,8-9H,7H2,1-3H3,(H,14,17);1H4. The summed E-state index contributed by atoms with van der Waals surface area (Å²) in [7, 11) is 0. The molecular formula is C14H21N3OS. The molecule has 2 rings (SSSR count). The van der Waals surface area contributed by atoms with Crippen molar-refractivity contribution in [2.24, 2.45) is 11.8 Å². The molecule has 1 aromatic heterocycles. The van der Waals surface area contributed by atoms with E-state index >= 15 is 0 Å². The highest BCUT2D eigenvalue weighted by Gasteiger charge is 2.16. The molecule has 0 spiro atoms. The minimum atomic E-state index is 0. The van der Waals surface area contributed by atoms with E-state index in [1.54, 1.807) is 0 Å². The molecule has 0 fully saturated rings. The van der Waals surface area contributed by atoms with Crippen molar-refractivity contribution >= 4 is 28.7 Å². The molecule has 1 aromatic carbocycles. The summed E-state index contributed by atoms with van der Waals surface area (Å²) in [5, 5.41) is 2.96. The smallest absolute Gasteiger partial charge is 0.223 e. The fraction of sp³-hybridized carbons (Fsp3) is 0.500. The SMILES string of the molecule is C.CC(C)C(C)C(=O)NCc1cccc2nsnc12. The van der Waals surface area contributed by atoms with Gasteiger partial charge in [-0.15, -0.1) is 0 Å². The van der Waals surface area contributed by atoms with Crippen LogP contribution in [0.2, 0.25) is 0 Å². The first-order valence-electron chi connectivity index (χ1n) is 6.07. The maximum atomic E-state index is 11.9.